The number of rotatable bonds is 7. The van der Waals surface area contributed by atoms with Crippen molar-refractivity contribution < 1.29 is 0 Å². The van der Waals surface area contributed by atoms with E-state index in [1.807, 2.05) is 11.8 Å². The fourth-order valence-electron chi connectivity index (χ4n) is 4.00. The van der Waals surface area contributed by atoms with Gasteiger partial charge < -0.3 is 5.32 Å². The Bertz CT molecular complexity index is 264. The van der Waals surface area contributed by atoms with Gasteiger partial charge in [0.1, 0.15) is 0 Å². The van der Waals surface area contributed by atoms with Gasteiger partial charge in [-0.2, -0.15) is 11.8 Å². The van der Waals surface area contributed by atoms with Crippen LogP contribution >= 0.6 is 11.8 Å². The summed E-state index contributed by atoms with van der Waals surface area (Å²) in [6.45, 7) is 6.22. The molecule has 1 N–H and O–H groups in total. The molecule has 1 unspecified atom stereocenters. The van der Waals surface area contributed by atoms with Crippen molar-refractivity contribution in [3.63, 3.8) is 0 Å². The third kappa shape index (κ3) is 4.64. The lowest BCUT2D eigenvalue weighted by Crippen LogP contribution is -2.64. The Morgan fingerprint density at radius 1 is 1.15 bits per heavy atom. The highest BCUT2D eigenvalue weighted by molar-refractivity contribution is 7.98. The molecule has 2 aliphatic rings. The topological polar surface area (TPSA) is 15.3 Å². The highest BCUT2D eigenvalue weighted by Gasteiger charge is 2.38. The number of hydrogen-bond acceptors (Lipinski definition) is 3. The molecule has 0 aromatic rings. The van der Waals surface area contributed by atoms with E-state index in [-0.39, 0.29) is 0 Å². The van der Waals surface area contributed by atoms with Crippen LogP contribution in [0.4, 0.5) is 0 Å². The zero-order valence-electron chi connectivity index (χ0n) is 13.6. The van der Waals surface area contributed by atoms with Gasteiger partial charge in [-0.3, -0.25) is 4.90 Å². The van der Waals surface area contributed by atoms with Gasteiger partial charge in [-0.05, 0) is 50.7 Å². The van der Waals surface area contributed by atoms with Crippen molar-refractivity contribution in [1.82, 2.24) is 10.2 Å². The zero-order chi connectivity index (χ0) is 14.3. The second-order valence-electron chi connectivity index (χ2n) is 6.81. The average molecular weight is 299 g/mol. The minimum Gasteiger partial charge on any atom is -0.308 e. The van der Waals surface area contributed by atoms with Crippen LogP contribution in [0.2, 0.25) is 0 Å². The van der Waals surface area contributed by atoms with Crippen molar-refractivity contribution in [3.8, 4) is 0 Å². The lowest BCUT2D eigenvalue weighted by atomic mass is 9.79. The van der Waals surface area contributed by atoms with Crippen molar-refractivity contribution in [1.29, 1.82) is 0 Å². The second-order valence-corrected chi connectivity index (χ2v) is 7.79. The van der Waals surface area contributed by atoms with Gasteiger partial charge in [0.15, 0.2) is 0 Å². The third-order valence-electron chi connectivity index (χ3n) is 5.31. The molecule has 1 saturated carbocycles. The minimum atomic E-state index is 0.475. The summed E-state index contributed by atoms with van der Waals surface area (Å²) in [5.74, 6) is 1.34. The van der Waals surface area contributed by atoms with Crippen LogP contribution in [-0.2, 0) is 0 Å². The molecule has 1 aliphatic carbocycles. The van der Waals surface area contributed by atoms with Crippen molar-refractivity contribution in [3.05, 3.63) is 0 Å². The summed E-state index contributed by atoms with van der Waals surface area (Å²) in [7, 11) is 0. The van der Waals surface area contributed by atoms with E-state index in [0.29, 0.717) is 5.54 Å². The molecule has 0 amide bonds. The maximum atomic E-state index is 3.93. The van der Waals surface area contributed by atoms with Gasteiger partial charge >= 0.3 is 0 Å². The smallest absolute Gasteiger partial charge is 0.0309 e. The maximum absolute atomic E-state index is 3.93. The number of hydrogen-bond donors (Lipinski definition) is 1. The zero-order valence-corrected chi connectivity index (χ0v) is 14.4. The normalized spacial score (nSPS) is 27.0. The average Bonchev–Trinajstić information content (AvgIpc) is 2.48. The fraction of sp³-hybridized carbons (Fsp3) is 1.00. The molecule has 1 aliphatic heterocycles. The van der Waals surface area contributed by atoms with Crippen LogP contribution in [0.25, 0.3) is 0 Å². The van der Waals surface area contributed by atoms with Crippen molar-refractivity contribution in [2.24, 2.45) is 0 Å². The van der Waals surface area contributed by atoms with Crippen LogP contribution in [0.15, 0.2) is 0 Å². The van der Waals surface area contributed by atoms with Crippen LogP contribution < -0.4 is 5.32 Å². The highest BCUT2D eigenvalue weighted by atomic mass is 32.2. The molecular formula is C17H34N2S. The molecule has 1 spiro atoms. The van der Waals surface area contributed by atoms with E-state index in [4.69, 9.17) is 0 Å². The van der Waals surface area contributed by atoms with Gasteiger partial charge in [-0.1, -0.05) is 32.6 Å². The number of nitrogens with zero attached hydrogens (tertiary/aromatic N) is 1. The molecule has 3 heteroatoms. The first kappa shape index (κ1) is 16.6. The standard InChI is InChI=1S/C17H34N2S/c1-3-16-14-18-17(10-6-4-7-11-17)15-19(16)12-8-5-9-13-20-2/h16,18H,3-15H2,1-2H3. The summed E-state index contributed by atoms with van der Waals surface area (Å²) >= 11 is 1.99. The maximum Gasteiger partial charge on any atom is 0.0309 e. The molecule has 0 aromatic carbocycles. The lowest BCUT2D eigenvalue weighted by molar-refractivity contribution is 0.0529. The Labute approximate surface area is 130 Å². The number of piperazine rings is 1. The molecule has 118 valence electrons. The summed E-state index contributed by atoms with van der Waals surface area (Å²) < 4.78 is 0. The van der Waals surface area contributed by atoms with E-state index in [0.717, 1.165) is 6.04 Å². The monoisotopic (exact) mass is 298 g/mol. The molecule has 2 nitrogen and oxygen atoms in total. The third-order valence-corrected chi connectivity index (χ3v) is 6.01. The molecule has 0 radical (unpaired) electrons. The highest BCUT2D eigenvalue weighted by Crippen LogP contribution is 2.32. The van der Waals surface area contributed by atoms with Gasteiger partial charge in [0, 0.05) is 24.7 Å². The first-order valence-corrected chi connectivity index (χ1v) is 10.2. The predicted molar refractivity (Wildman–Crippen MR) is 91.7 cm³/mol. The van der Waals surface area contributed by atoms with Gasteiger partial charge in [0.25, 0.3) is 0 Å². The van der Waals surface area contributed by atoms with E-state index >= 15 is 0 Å². The van der Waals surface area contributed by atoms with E-state index in [1.54, 1.807) is 0 Å². The number of unbranched alkanes of at least 4 members (excludes halogenated alkanes) is 2. The van der Waals surface area contributed by atoms with Crippen molar-refractivity contribution in [2.75, 3.05) is 31.6 Å². The van der Waals surface area contributed by atoms with E-state index in [2.05, 4.69) is 23.4 Å². The Hall–Kier alpha value is 0.270. The summed E-state index contributed by atoms with van der Waals surface area (Å²) in [5.41, 5.74) is 0.475. The fourth-order valence-corrected chi connectivity index (χ4v) is 4.50. The van der Waals surface area contributed by atoms with Gasteiger partial charge in [0.2, 0.25) is 0 Å². The van der Waals surface area contributed by atoms with E-state index in [9.17, 15) is 0 Å². The largest absolute Gasteiger partial charge is 0.308 e. The van der Waals surface area contributed by atoms with E-state index in [1.165, 1.54) is 83.2 Å². The first-order valence-electron chi connectivity index (χ1n) is 8.78. The number of thioether (sulfide) groups is 1. The molecule has 0 aromatic heterocycles. The summed E-state index contributed by atoms with van der Waals surface area (Å²) in [4.78, 5) is 2.82. The van der Waals surface area contributed by atoms with Crippen LogP contribution in [0.1, 0.15) is 64.7 Å². The Morgan fingerprint density at radius 2 is 1.95 bits per heavy atom. The molecule has 0 bridgehead atoms. The van der Waals surface area contributed by atoms with Crippen molar-refractivity contribution >= 4 is 11.8 Å². The van der Waals surface area contributed by atoms with Gasteiger partial charge in [-0.15, -0.1) is 0 Å². The van der Waals surface area contributed by atoms with E-state index < -0.39 is 0 Å². The van der Waals surface area contributed by atoms with Crippen LogP contribution in [0, 0.1) is 0 Å². The first-order chi connectivity index (χ1) is 9.79. The Balaban J connectivity index is 1.79. The lowest BCUT2D eigenvalue weighted by Gasteiger charge is -2.49. The molecule has 2 fully saturated rings. The minimum absolute atomic E-state index is 0.475. The number of nitrogens with one attached hydrogen (secondary N) is 1. The van der Waals surface area contributed by atoms with Gasteiger partial charge in [0.05, 0.1) is 0 Å². The second kappa shape index (κ2) is 8.65. The molecule has 1 heterocycles. The Morgan fingerprint density at radius 3 is 2.65 bits per heavy atom. The van der Waals surface area contributed by atoms with Crippen LogP contribution in [-0.4, -0.2) is 48.1 Å². The predicted octanol–water partition coefficient (Wildman–Crippen LogP) is 3.91. The Kier molecular flexibility index (Phi) is 7.20. The van der Waals surface area contributed by atoms with Crippen LogP contribution in [0.5, 0.6) is 0 Å². The summed E-state index contributed by atoms with van der Waals surface area (Å²) in [6.07, 6.45) is 14.9. The molecule has 1 atom stereocenters. The molecule has 1 saturated heterocycles. The SMILES string of the molecule is CCC1CNC2(CCCCC2)CN1CCCCCSC. The summed E-state index contributed by atoms with van der Waals surface area (Å²) in [6, 6.07) is 0.781. The quantitative estimate of drug-likeness (QED) is 0.718. The van der Waals surface area contributed by atoms with Crippen LogP contribution in [0.3, 0.4) is 0 Å². The molecule has 2 rings (SSSR count). The summed E-state index contributed by atoms with van der Waals surface area (Å²) in [5, 5.41) is 3.93. The molecule has 20 heavy (non-hydrogen) atoms. The molecular weight excluding hydrogens is 264 g/mol. The van der Waals surface area contributed by atoms with Gasteiger partial charge in [-0.25, -0.2) is 0 Å². The van der Waals surface area contributed by atoms with Crippen molar-refractivity contribution in [2.45, 2.75) is 76.3 Å².